The molecule has 4 rings (SSSR count). The van der Waals surface area contributed by atoms with E-state index in [4.69, 9.17) is 27.9 Å². The summed E-state index contributed by atoms with van der Waals surface area (Å²) in [5.41, 5.74) is 2.81. The Labute approximate surface area is 230 Å². The molecular weight excluding hydrogens is 527 g/mol. The Kier molecular flexibility index (Phi) is 7.85. The van der Waals surface area contributed by atoms with E-state index < -0.39 is 12.0 Å². The van der Waals surface area contributed by atoms with E-state index in [0.717, 1.165) is 11.1 Å². The molecule has 2 heterocycles. The summed E-state index contributed by atoms with van der Waals surface area (Å²) in [6.07, 6.45) is 1.62. The molecular formula is C28H28Cl2N4O4. The number of aromatic carboxylic acids is 1. The van der Waals surface area contributed by atoms with Crippen molar-refractivity contribution in [2.24, 2.45) is 7.05 Å². The van der Waals surface area contributed by atoms with Crippen molar-refractivity contribution in [3.63, 3.8) is 0 Å². The van der Waals surface area contributed by atoms with Crippen molar-refractivity contribution >= 4 is 34.9 Å². The second-order valence-corrected chi connectivity index (χ2v) is 10.1. The minimum absolute atomic E-state index is 0.0367. The average Bonchev–Trinajstić information content (AvgIpc) is 3.27. The third-order valence-corrected chi connectivity index (χ3v) is 6.79. The summed E-state index contributed by atoms with van der Waals surface area (Å²) in [7, 11) is 3.16. The van der Waals surface area contributed by atoms with Gasteiger partial charge >= 0.3 is 5.97 Å². The monoisotopic (exact) mass is 554 g/mol. The van der Waals surface area contributed by atoms with Crippen LogP contribution in [0.3, 0.4) is 0 Å². The minimum Gasteiger partial charge on any atom is -0.496 e. The van der Waals surface area contributed by atoms with Crippen LogP contribution in [0.1, 0.15) is 53.2 Å². The molecule has 0 aliphatic carbocycles. The number of halogens is 2. The molecule has 4 aromatic rings. The first kappa shape index (κ1) is 27.3. The van der Waals surface area contributed by atoms with Gasteiger partial charge in [0.15, 0.2) is 5.69 Å². The van der Waals surface area contributed by atoms with E-state index in [1.165, 1.54) is 10.6 Å². The van der Waals surface area contributed by atoms with Crippen molar-refractivity contribution in [1.82, 2.24) is 14.1 Å². The topological polar surface area (TPSA) is 98.4 Å². The van der Waals surface area contributed by atoms with Crippen LogP contribution in [0.15, 0.2) is 59.5 Å². The molecule has 10 heteroatoms. The number of ether oxygens (including phenoxy) is 1. The van der Waals surface area contributed by atoms with E-state index in [1.54, 1.807) is 32.5 Å². The lowest BCUT2D eigenvalue weighted by atomic mass is 9.96. The zero-order chi connectivity index (χ0) is 27.7. The van der Waals surface area contributed by atoms with Gasteiger partial charge in [-0.25, -0.2) is 9.78 Å². The number of aromatic nitrogens is 3. The standard InChI is InChI=1S/C28H28Cl2N4O4/c1-15(2)34-25(24(28(36)37)32-26(34)20-8-6-7-9-22(20)38-5)23(19-11-10-17(29)12-16(19)3)31-18-13-21(30)27(35)33(4)14-18/h6-15,23,31H,1-5H3,(H,36,37). The Hall–Kier alpha value is -3.75. The first-order valence-corrected chi connectivity index (χ1v) is 12.7. The highest BCUT2D eigenvalue weighted by atomic mass is 35.5. The normalized spacial score (nSPS) is 12.0. The van der Waals surface area contributed by atoms with Crippen LogP contribution in [-0.2, 0) is 7.05 Å². The number of benzene rings is 2. The summed E-state index contributed by atoms with van der Waals surface area (Å²) in [6.45, 7) is 5.83. The molecule has 0 spiro atoms. The van der Waals surface area contributed by atoms with Crippen molar-refractivity contribution in [3.05, 3.63) is 97.6 Å². The number of carboxylic acid groups (broad SMARTS) is 1. The van der Waals surface area contributed by atoms with Crippen LogP contribution in [0.2, 0.25) is 10.0 Å². The minimum atomic E-state index is -1.17. The van der Waals surface area contributed by atoms with Crippen molar-refractivity contribution in [3.8, 4) is 17.1 Å². The summed E-state index contributed by atoms with van der Waals surface area (Å²) >= 11 is 12.5. The van der Waals surface area contributed by atoms with Gasteiger partial charge in [0.25, 0.3) is 5.56 Å². The van der Waals surface area contributed by atoms with Crippen molar-refractivity contribution < 1.29 is 14.6 Å². The molecule has 1 atom stereocenters. The summed E-state index contributed by atoms with van der Waals surface area (Å²) in [4.78, 5) is 29.5. The fourth-order valence-electron chi connectivity index (χ4n) is 4.59. The molecule has 0 bridgehead atoms. The van der Waals surface area contributed by atoms with Crippen LogP contribution < -0.4 is 15.6 Å². The zero-order valence-corrected chi connectivity index (χ0v) is 23.1. The van der Waals surface area contributed by atoms with Crippen LogP contribution in [0.4, 0.5) is 5.69 Å². The van der Waals surface area contributed by atoms with Gasteiger partial charge in [-0.05, 0) is 62.2 Å². The number of hydrogen-bond acceptors (Lipinski definition) is 5. The third kappa shape index (κ3) is 5.14. The van der Waals surface area contributed by atoms with E-state index in [-0.39, 0.29) is 22.3 Å². The number of carbonyl (C=O) groups is 1. The number of anilines is 1. The maximum atomic E-state index is 12.7. The summed E-state index contributed by atoms with van der Waals surface area (Å²) in [6, 6.07) is 13.4. The first-order chi connectivity index (χ1) is 18.0. The lowest BCUT2D eigenvalue weighted by molar-refractivity contribution is 0.0689. The number of nitrogens with one attached hydrogen (secondary N) is 1. The molecule has 2 N–H and O–H groups in total. The Morgan fingerprint density at radius 1 is 1.13 bits per heavy atom. The molecule has 0 amide bonds. The molecule has 0 saturated heterocycles. The van der Waals surface area contributed by atoms with Crippen molar-refractivity contribution in [1.29, 1.82) is 0 Å². The highest BCUT2D eigenvalue weighted by Gasteiger charge is 2.32. The van der Waals surface area contributed by atoms with E-state index in [0.29, 0.717) is 33.5 Å². The maximum absolute atomic E-state index is 12.7. The molecule has 38 heavy (non-hydrogen) atoms. The number of aryl methyl sites for hydroxylation is 2. The first-order valence-electron chi connectivity index (χ1n) is 11.9. The molecule has 0 aliphatic heterocycles. The van der Waals surface area contributed by atoms with Gasteiger partial charge in [-0.3, -0.25) is 4.79 Å². The van der Waals surface area contributed by atoms with Gasteiger partial charge in [0.05, 0.1) is 30.1 Å². The maximum Gasteiger partial charge on any atom is 0.356 e. The molecule has 8 nitrogen and oxygen atoms in total. The van der Waals surface area contributed by atoms with Gasteiger partial charge < -0.3 is 24.3 Å². The number of methoxy groups -OCH3 is 1. The van der Waals surface area contributed by atoms with E-state index >= 15 is 0 Å². The Bertz CT molecular complexity index is 1550. The SMILES string of the molecule is COc1ccccc1-c1nc(C(=O)O)c(C(Nc2cc(Cl)c(=O)n(C)c2)c2ccc(Cl)cc2C)n1C(C)C. The van der Waals surface area contributed by atoms with Crippen LogP contribution in [0.25, 0.3) is 11.4 Å². The van der Waals surface area contributed by atoms with E-state index in [1.807, 2.05) is 55.7 Å². The number of rotatable bonds is 8. The number of hydrogen-bond donors (Lipinski definition) is 2. The van der Waals surface area contributed by atoms with Gasteiger partial charge in [0.2, 0.25) is 0 Å². The largest absolute Gasteiger partial charge is 0.496 e. The molecule has 2 aromatic carbocycles. The predicted octanol–water partition coefficient (Wildman–Crippen LogP) is 6.35. The number of pyridine rings is 1. The predicted molar refractivity (Wildman–Crippen MR) is 150 cm³/mol. The smallest absolute Gasteiger partial charge is 0.356 e. The van der Waals surface area contributed by atoms with Crippen LogP contribution >= 0.6 is 23.2 Å². The number of para-hydroxylation sites is 1. The van der Waals surface area contributed by atoms with Gasteiger partial charge in [0, 0.05) is 24.3 Å². The number of carboxylic acids is 1. The van der Waals surface area contributed by atoms with Crippen molar-refractivity contribution in [2.45, 2.75) is 32.9 Å². The lowest BCUT2D eigenvalue weighted by Gasteiger charge is -2.27. The second kappa shape index (κ2) is 10.9. The highest BCUT2D eigenvalue weighted by Crippen LogP contribution is 2.39. The fraction of sp³-hybridized carbons (Fsp3) is 0.250. The van der Waals surface area contributed by atoms with E-state index in [2.05, 4.69) is 10.3 Å². The third-order valence-electron chi connectivity index (χ3n) is 6.28. The highest BCUT2D eigenvalue weighted by molar-refractivity contribution is 6.31. The van der Waals surface area contributed by atoms with Crippen LogP contribution in [0.5, 0.6) is 5.75 Å². The van der Waals surface area contributed by atoms with Crippen molar-refractivity contribution in [2.75, 3.05) is 12.4 Å². The van der Waals surface area contributed by atoms with Crippen LogP contribution in [0, 0.1) is 6.92 Å². The van der Waals surface area contributed by atoms with Gasteiger partial charge in [-0.1, -0.05) is 41.4 Å². The molecule has 1 unspecified atom stereocenters. The van der Waals surface area contributed by atoms with Crippen LogP contribution in [-0.4, -0.2) is 32.3 Å². The summed E-state index contributed by atoms with van der Waals surface area (Å²) in [5.74, 6) is -0.144. The van der Waals surface area contributed by atoms with E-state index in [9.17, 15) is 14.7 Å². The number of nitrogens with zero attached hydrogens (tertiary/aromatic N) is 3. The lowest BCUT2D eigenvalue weighted by Crippen LogP contribution is -2.23. The van der Waals surface area contributed by atoms with Gasteiger partial charge in [0.1, 0.15) is 16.6 Å². The summed E-state index contributed by atoms with van der Waals surface area (Å²) < 4.78 is 8.85. The molecule has 0 fully saturated rings. The quantitative estimate of drug-likeness (QED) is 0.263. The molecule has 0 saturated carbocycles. The molecule has 0 aliphatic rings. The fourth-order valence-corrected chi connectivity index (χ4v) is 5.07. The van der Waals surface area contributed by atoms with Gasteiger partial charge in [-0.15, -0.1) is 0 Å². The second-order valence-electron chi connectivity index (χ2n) is 9.21. The summed E-state index contributed by atoms with van der Waals surface area (Å²) in [5, 5.41) is 14.4. The zero-order valence-electron chi connectivity index (χ0n) is 21.6. The molecule has 198 valence electrons. The Balaban J connectivity index is 2.06. The molecule has 0 radical (unpaired) electrons. The Morgan fingerprint density at radius 3 is 2.45 bits per heavy atom. The van der Waals surface area contributed by atoms with Gasteiger partial charge in [-0.2, -0.15) is 0 Å². The average molecular weight is 555 g/mol. The molecule has 2 aromatic heterocycles. The Morgan fingerprint density at radius 2 is 1.84 bits per heavy atom. The number of imidazole rings is 1.